The lowest BCUT2D eigenvalue weighted by atomic mass is 9.96. The molecule has 0 aromatic heterocycles. The molecule has 1 heterocycles. The van der Waals surface area contributed by atoms with Gasteiger partial charge < -0.3 is 10.5 Å². The lowest BCUT2D eigenvalue weighted by Gasteiger charge is -2.10. The van der Waals surface area contributed by atoms with Crippen LogP contribution in [0.4, 0.5) is 0 Å². The topological polar surface area (TPSA) is 52.3 Å². The summed E-state index contributed by atoms with van der Waals surface area (Å²) in [5.41, 5.74) is 5.66. The van der Waals surface area contributed by atoms with E-state index >= 15 is 0 Å². The highest BCUT2D eigenvalue weighted by Crippen LogP contribution is 2.14. The Morgan fingerprint density at radius 2 is 2.36 bits per heavy atom. The summed E-state index contributed by atoms with van der Waals surface area (Å²) in [6, 6.07) is -0.0611. The maximum Gasteiger partial charge on any atom is 0.139 e. The molecular weight excluding hydrogens is 142 g/mol. The molecule has 2 N–H and O–H groups in total. The van der Waals surface area contributed by atoms with E-state index in [0.29, 0.717) is 19.6 Å². The molecule has 0 aromatic carbocycles. The summed E-state index contributed by atoms with van der Waals surface area (Å²) in [5, 5.41) is 0. The number of ketones is 1. The van der Waals surface area contributed by atoms with Crippen LogP contribution in [-0.4, -0.2) is 25.0 Å². The molecule has 0 aliphatic carbocycles. The van der Waals surface area contributed by atoms with Crippen molar-refractivity contribution in [3.8, 4) is 0 Å². The van der Waals surface area contributed by atoms with Crippen molar-refractivity contribution in [2.45, 2.75) is 25.8 Å². The number of hydrogen-bond acceptors (Lipinski definition) is 3. The summed E-state index contributed by atoms with van der Waals surface area (Å²) in [5.74, 6) is 0.229. The molecule has 0 amide bonds. The molecule has 3 heteroatoms. The van der Waals surface area contributed by atoms with Crippen molar-refractivity contribution >= 4 is 5.78 Å². The minimum Gasteiger partial charge on any atom is -0.379 e. The second-order valence-corrected chi connectivity index (χ2v) is 3.02. The van der Waals surface area contributed by atoms with E-state index in [2.05, 4.69) is 0 Å². The first kappa shape index (κ1) is 8.68. The molecule has 0 radical (unpaired) electrons. The van der Waals surface area contributed by atoms with Crippen LogP contribution >= 0.6 is 0 Å². The van der Waals surface area contributed by atoms with Crippen molar-refractivity contribution in [3.05, 3.63) is 0 Å². The van der Waals surface area contributed by atoms with Gasteiger partial charge in [0, 0.05) is 12.5 Å². The number of hydrogen-bond donors (Lipinski definition) is 1. The number of carbonyl (C=O) groups excluding carboxylic acids is 1. The maximum absolute atomic E-state index is 11.3. The van der Waals surface area contributed by atoms with Gasteiger partial charge in [0.25, 0.3) is 0 Å². The average molecular weight is 157 g/mol. The number of ether oxygens (including phenoxy) is 1. The zero-order valence-corrected chi connectivity index (χ0v) is 6.88. The molecule has 0 bridgehead atoms. The van der Waals surface area contributed by atoms with E-state index in [0.717, 1.165) is 6.42 Å². The quantitative estimate of drug-likeness (QED) is 0.642. The van der Waals surface area contributed by atoms with E-state index < -0.39 is 0 Å². The molecule has 2 atom stereocenters. The summed E-state index contributed by atoms with van der Waals surface area (Å²) in [6.07, 6.45) is 1.55. The first-order valence-corrected chi connectivity index (χ1v) is 4.11. The van der Waals surface area contributed by atoms with Crippen molar-refractivity contribution in [3.63, 3.8) is 0 Å². The largest absolute Gasteiger partial charge is 0.379 e. The van der Waals surface area contributed by atoms with Crippen molar-refractivity contribution in [2.24, 2.45) is 11.7 Å². The highest BCUT2D eigenvalue weighted by atomic mass is 16.5. The van der Waals surface area contributed by atoms with Gasteiger partial charge in [0.15, 0.2) is 0 Å². The molecule has 1 rings (SSSR count). The van der Waals surface area contributed by atoms with E-state index in [1.807, 2.05) is 6.92 Å². The second kappa shape index (κ2) is 3.83. The number of rotatable bonds is 3. The number of nitrogens with two attached hydrogens (primary N) is 1. The van der Waals surface area contributed by atoms with E-state index in [1.54, 1.807) is 0 Å². The smallest absolute Gasteiger partial charge is 0.139 e. The van der Waals surface area contributed by atoms with Gasteiger partial charge in [0.2, 0.25) is 0 Å². The van der Waals surface area contributed by atoms with Gasteiger partial charge in [-0.3, -0.25) is 4.79 Å². The third-order valence-corrected chi connectivity index (χ3v) is 2.03. The first-order valence-electron chi connectivity index (χ1n) is 4.11. The SMILES string of the molecule is CCCC(=O)C1COCC1N. The van der Waals surface area contributed by atoms with Gasteiger partial charge >= 0.3 is 0 Å². The van der Waals surface area contributed by atoms with E-state index in [1.165, 1.54) is 0 Å². The van der Waals surface area contributed by atoms with Crippen LogP contribution in [0.5, 0.6) is 0 Å². The Morgan fingerprint density at radius 3 is 2.82 bits per heavy atom. The second-order valence-electron chi connectivity index (χ2n) is 3.02. The normalized spacial score (nSPS) is 30.7. The molecule has 11 heavy (non-hydrogen) atoms. The van der Waals surface area contributed by atoms with Gasteiger partial charge in [-0.2, -0.15) is 0 Å². The molecule has 2 unspecified atom stereocenters. The lowest BCUT2D eigenvalue weighted by molar-refractivity contribution is -0.123. The molecule has 1 saturated heterocycles. The molecule has 0 saturated carbocycles. The number of carbonyl (C=O) groups is 1. The third-order valence-electron chi connectivity index (χ3n) is 2.03. The van der Waals surface area contributed by atoms with Crippen LogP contribution in [0, 0.1) is 5.92 Å². The van der Waals surface area contributed by atoms with Gasteiger partial charge in [-0.05, 0) is 6.42 Å². The van der Waals surface area contributed by atoms with Crippen LogP contribution in [0.15, 0.2) is 0 Å². The van der Waals surface area contributed by atoms with Crippen LogP contribution < -0.4 is 5.73 Å². The number of Topliss-reactive ketones (excluding diaryl/α,β-unsaturated/α-hetero) is 1. The summed E-state index contributed by atoms with van der Waals surface area (Å²) in [6.45, 7) is 3.07. The highest BCUT2D eigenvalue weighted by molar-refractivity contribution is 5.82. The zero-order valence-electron chi connectivity index (χ0n) is 6.88. The zero-order chi connectivity index (χ0) is 8.27. The van der Waals surface area contributed by atoms with Gasteiger partial charge in [0.05, 0.1) is 19.1 Å². The van der Waals surface area contributed by atoms with E-state index in [4.69, 9.17) is 10.5 Å². The Balaban J connectivity index is 2.39. The molecular formula is C8H15NO2. The van der Waals surface area contributed by atoms with E-state index in [-0.39, 0.29) is 17.7 Å². The highest BCUT2D eigenvalue weighted by Gasteiger charge is 2.29. The average Bonchev–Trinajstić information content (AvgIpc) is 2.36. The van der Waals surface area contributed by atoms with Crippen molar-refractivity contribution < 1.29 is 9.53 Å². The Labute approximate surface area is 66.9 Å². The van der Waals surface area contributed by atoms with Gasteiger partial charge in [-0.15, -0.1) is 0 Å². The van der Waals surface area contributed by atoms with Crippen LogP contribution in [0.3, 0.4) is 0 Å². The fourth-order valence-corrected chi connectivity index (χ4v) is 1.33. The van der Waals surface area contributed by atoms with E-state index in [9.17, 15) is 4.79 Å². The van der Waals surface area contributed by atoms with Crippen molar-refractivity contribution in [1.29, 1.82) is 0 Å². The lowest BCUT2D eigenvalue weighted by Crippen LogP contribution is -2.33. The molecule has 64 valence electrons. The van der Waals surface area contributed by atoms with Crippen LogP contribution in [0.25, 0.3) is 0 Å². The Morgan fingerprint density at radius 1 is 1.64 bits per heavy atom. The Hall–Kier alpha value is -0.410. The predicted octanol–water partition coefficient (Wildman–Crippen LogP) is 0.329. The van der Waals surface area contributed by atoms with Crippen molar-refractivity contribution in [1.82, 2.24) is 0 Å². The standard InChI is InChI=1S/C8H15NO2/c1-2-3-8(10)6-4-11-5-7(6)9/h6-7H,2-5,9H2,1H3. The Kier molecular flexibility index (Phi) is 3.02. The monoisotopic (exact) mass is 157 g/mol. The minimum absolute atomic E-state index is 0.0325. The molecule has 1 fully saturated rings. The molecule has 3 nitrogen and oxygen atoms in total. The summed E-state index contributed by atoms with van der Waals surface area (Å²) < 4.78 is 5.09. The third kappa shape index (κ3) is 2.01. The van der Waals surface area contributed by atoms with Crippen LogP contribution in [-0.2, 0) is 9.53 Å². The van der Waals surface area contributed by atoms with Crippen LogP contribution in [0.2, 0.25) is 0 Å². The molecule has 0 spiro atoms. The summed E-state index contributed by atoms with van der Waals surface area (Å²) in [4.78, 5) is 11.3. The molecule has 1 aliphatic heterocycles. The summed E-state index contributed by atoms with van der Waals surface area (Å²) in [7, 11) is 0. The van der Waals surface area contributed by atoms with Crippen LogP contribution in [0.1, 0.15) is 19.8 Å². The fourth-order valence-electron chi connectivity index (χ4n) is 1.33. The van der Waals surface area contributed by atoms with Gasteiger partial charge in [0.1, 0.15) is 5.78 Å². The molecule has 1 aliphatic rings. The Bertz CT molecular complexity index is 147. The predicted molar refractivity (Wildman–Crippen MR) is 42.2 cm³/mol. The summed E-state index contributed by atoms with van der Waals surface area (Å²) >= 11 is 0. The fraction of sp³-hybridized carbons (Fsp3) is 0.875. The van der Waals surface area contributed by atoms with Gasteiger partial charge in [-0.1, -0.05) is 6.92 Å². The van der Waals surface area contributed by atoms with Gasteiger partial charge in [-0.25, -0.2) is 0 Å². The van der Waals surface area contributed by atoms with Crippen molar-refractivity contribution in [2.75, 3.05) is 13.2 Å². The molecule has 0 aromatic rings. The minimum atomic E-state index is -0.0611. The first-order chi connectivity index (χ1) is 5.25. The maximum atomic E-state index is 11.3.